The SMILES string of the molecule is CCCCCCCCCCCCC(C)(Cc1ccccc1)C(=O)OC.N. The van der Waals surface area contributed by atoms with Gasteiger partial charge in [-0.15, -0.1) is 0 Å². The highest BCUT2D eigenvalue weighted by molar-refractivity contribution is 5.76. The van der Waals surface area contributed by atoms with Crippen molar-refractivity contribution in [2.24, 2.45) is 5.41 Å². The third-order valence-electron chi connectivity index (χ3n) is 5.20. The van der Waals surface area contributed by atoms with Crippen LogP contribution in [-0.4, -0.2) is 13.1 Å². The molecule has 0 heterocycles. The summed E-state index contributed by atoms with van der Waals surface area (Å²) >= 11 is 0. The van der Waals surface area contributed by atoms with Crippen molar-refractivity contribution in [2.75, 3.05) is 7.11 Å². The monoisotopic (exact) mass is 363 g/mol. The Bertz CT molecular complexity index is 461. The van der Waals surface area contributed by atoms with Crippen molar-refractivity contribution in [1.82, 2.24) is 6.15 Å². The standard InChI is InChI=1S/C23H38O2.H3N/c1-4-5-6-7-8-9-10-11-12-16-19-23(2,22(24)25-3)20-21-17-14-13-15-18-21;/h13-15,17-18H,4-12,16,19-20H2,1-3H3;1H3. The number of carbonyl (C=O) groups is 1. The van der Waals surface area contributed by atoms with Crippen molar-refractivity contribution >= 4 is 5.97 Å². The first kappa shape index (κ1) is 24.7. The lowest BCUT2D eigenvalue weighted by Gasteiger charge is -2.27. The fourth-order valence-electron chi connectivity index (χ4n) is 3.56. The molecule has 0 saturated heterocycles. The average Bonchev–Trinajstić information content (AvgIpc) is 2.63. The van der Waals surface area contributed by atoms with E-state index in [4.69, 9.17) is 4.74 Å². The number of unbranched alkanes of at least 4 members (excludes halogenated alkanes) is 9. The summed E-state index contributed by atoms with van der Waals surface area (Å²) in [5.41, 5.74) is 0.804. The van der Waals surface area contributed by atoms with E-state index in [0.29, 0.717) is 0 Å². The Kier molecular flexibility index (Phi) is 14.0. The minimum absolute atomic E-state index is 0. The van der Waals surface area contributed by atoms with E-state index in [-0.39, 0.29) is 12.1 Å². The zero-order valence-electron chi connectivity index (χ0n) is 17.4. The summed E-state index contributed by atoms with van der Waals surface area (Å²) in [5, 5.41) is 0. The summed E-state index contributed by atoms with van der Waals surface area (Å²) in [6.45, 7) is 4.32. The Labute approximate surface area is 161 Å². The first-order chi connectivity index (χ1) is 12.1. The van der Waals surface area contributed by atoms with Crippen molar-refractivity contribution in [3.8, 4) is 0 Å². The van der Waals surface area contributed by atoms with E-state index >= 15 is 0 Å². The predicted molar refractivity (Wildman–Crippen MR) is 112 cm³/mol. The third kappa shape index (κ3) is 9.96. The molecule has 1 unspecified atom stereocenters. The van der Waals surface area contributed by atoms with Gasteiger partial charge in [0, 0.05) is 0 Å². The number of rotatable bonds is 14. The van der Waals surface area contributed by atoms with Crippen molar-refractivity contribution in [1.29, 1.82) is 0 Å². The molecule has 0 radical (unpaired) electrons. The number of methoxy groups -OCH3 is 1. The van der Waals surface area contributed by atoms with E-state index < -0.39 is 5.41 Å². The fraction of sp³-hybridized carbons (Fsp3) is 0.696. The molecule has 0 fully saturated rings. The minimum atomic E-state index is -0.406. The van der Waals surface area contributed by atoms with Crippen LogP contribution in [0.3, 0.4) is 0 Å². The topological polar surface area (TPSA) is 61.3 Å². The predicted octanol–water partition coefficient (Wildman–Crippen LogP) is 6.88. The summed E-state index contributed by atoms with van der Waals surface area (Å²) in [6, 6.07) is 10.3. The van der Waals surface area contributed by atoms with Gasteiger partial charge in [0.15, 0.2) is 0 Å². The summed E-state index contributed by atoms with van der Waals surface area (Å²) in [4.78, 5) is 12.3. The zero-order valence-corrected chi connectivity index (χ0v) is 17.4. The maximum Gasteiger partial charge on any atom is 0.311 e. The van der Waals surface area contributed by atoms with Crippen LogP contribution in [0.4, 0.5) is 0 Å². The highest BCUT2D eigenvalue weighted by Gasteiger charge is 2.33. The van der Waals surface area contributed by atoms with Crippen LogP contribution in [0, 0.1) is 5.41 Å². The molecule has 0 aliphatic heterocycles. The van der Waals surface area contributed by atoms with Crippen LogP contribution in [0.2, 0.25) is 0 Å². The van der Waals surface area contributed by atoms with Gasteiger partial charge in [-0.3, -0.25) is 4.79 Å². The van der Waals surface area contributed by atoms with Crippen LogP contribution in [0.5, 0.6) is 0 Å². The minimum Gasteiger partial charge on any atom is -0.469 e. The van der Waals surface area contributed by atoms with Gasteiger partial charge in [-0.25, -0.2) is 0 Å². The van der Waals surface area contributed by atoms with Gasteiger partial charge >= 0.3 is 5.97 Å². The molecule has 3 N–H and O–H groups in total. The molecule has 1 aromatic rings. The molecule has 26 heavy (non-hydrogen) atoms. The second-order valence-corrected chi connectivity index (χ2v) is 7.65. The first-order valence-electron chi connectivity index (χ1n) is 10.2. The van der Waals surface area contributed by atoms with Gasteiger partial charge in [0.1, 0.15) is 0 Å². The van der Waals surface area contributed by atoms with Crippen LogP contribution in [0.25, 0.3) is 0 Å². The maximum atomic E-state index is 12.3. The molecule has 150 valence electrons. The highest BCUT2D eigenvalue weighted by atomic mass is 16.5. The lowest BCUT2D eigenvalue weighted by Crippen LogP contribution is -2.31. The van der Waals surface area contributed by atoms with Crippen molar-refractivity contribution in [3.63, 3.8) is 0 Å². The number of hydrogen-bond donors (Lipinski definition) is 1. The van der Waals surface area contributed by atoms with Gasteiger partial charge in [0.05, 0.1) is 12.5 Å². The van der Waals surface area contributed by atoms with Crippen LogP contribution in [0.15, 0.2) is 30.3 Å². The van der Waals surface area contributed by atoms with E-state index in [1.807, 2.05) is 18.2 Å². The van der Waals surface area contributed by atoms with Gasteiger partial charge in [-0.2, -0.15) is 0 Å². The first-order valence-corrected chi connectivity index (χ1v) is 10.2. The molecule has 0 aliphatic carbocycles. The molecule has 1 rings (SSSR count). The quantitative estimate of drug-likeness (QED) is 0.289. The summed E-state index contributed by atoms with van der Waals surface area (Å²) in [5.74, 6) is -0.0766. The third-order valence-corrected chi connectivity index (χ3v) is 5.20. The maximum absolute atomic E-state index is 12.3. The number of esters is 1. The highest BCUT2D eigenvalue weighted by Crippen LogP contribution is 2.31. The van der Waals surface area contributed by atoms with Crippen molar-refractivity contribution < 1.29 is 9.53 Å². The van der Waals surface area contributed by atoms with Crippen molar-refractivity contribution in [3.05, 3.63) is 35.9 Å². The lowest BCUT2D eigenvalue weighted by molar-refractivity contribution is -0.152. The Morgan fingerprint density at radius 1 is 0.885 bits per heavy atom. The average molecular weight is 364 g/mol. The van der Waals surface area contributed by atoms with Crippen LogP contribution < -0.4 is 6.15 Å². The van der Waals surface area contributed by atoms with Crippen LogP contribution in [0.1, 0.15) is 90.0 Å². The molecule has 0 saturated carbocycles. The lowest BCUT2D eigenvalue weighted by atomic mass is 9.79. The summed E-state index contributed by atoms with van der Waals surface area (Å²) in [7, 11) is 1.50. The largest absolute Gasteiger partial charge is 0.469 e. The molecule has 0 aliphatic rings. The van der Waals surface area contributed by atoms with Gasteiger partial charge in [0.2, 0.25) is 0 Å². The molecule has 0 aromatic heterocycles. The second kappa shape index (κ2) is 14.8. The number of benzene rings is 1. The normalized spacial score (nSPS) is 12.9. The number of ether oxygens (including phenoxy) is 1. The molecule has 0 bridgehead atoms. The molecule has 1 aromatic carbocycles. The van der Waals surface area contributed by atoms with Gasteiger partial charge in [-0.05, 0) is 25.3 Å². The molecule has 0 spiro atoms. The molecule has 1 atom stereocenters. The number of carbonyl (C=O) groups excluding carboxylic acids is 1. The Morgan fingerprint density at radius 2 is 1.38 bits per heavy atom. The van der Waals surface area contributed by atoms with Crippen molar-refractivity contribution in [2.45, 2.75) is 90.9 Å². The molecular weight excluding hydrogens is 322 g/mol. The van der Waals surface area contributed by atoms with Crippen LogP contribution in [-0.2, 0) is 16.0 Å². The van der Waals surface area contributed by atoms with Gasteiger partial charge in [0.25, 0.3) is 0 Å². The van der Waals surface area contributed by atoms with Gasteiger partial charge < -0.3 is 10.9 Å². The van der Waals surface area contributed by atoms with Gasteiger partial charge in [-0.1, -0.05) is 101 Å². The Morgan fingerprint density at radius 3 is 1.88 bits per heavy atom. The Hall–Kier alpha value is -1.35. The molecule has 0 amide bonds. The van der Waals surface area contributed by atoms with E-state index in [0.717, 1.165) is 19.3 Å². The second-order valence-electron chi connectivity index (χ2n) is 7.65. The van der Waals surface area contributed by atoms with E-state index in [1.54, 1.807) is 0 Å². The molecule has 3 nitrogen and oxygen atoms in total. The summed E-state index contributed by atoms with van der Waals surface area (Å²) in [6.07, 6.45) is 14.9. The number of hydrogen-bond acceptors (Lipinski definition) is 3. The summed E-state index contributed by atoms with van der Waals surface area (Å²) < 4.78 is 5.09. The molecule has 3 heteroatoms. The smallest absolute Gasteiger partial charge is 0.311 e. The molecular formula is C23H41NO2. The van der Waals surface area contributed by atoms with Crippen LogP contribution >= 0.6 is 0 Å². The Balaban J connectivity index is 0.00000625. The van der Waals surface area contributed by atoms with E-state index in [2.05, 4.69) is 26.0 Å². The fourth-order valence-corrected chi connectivity index (χ4v) is 3.56. The zero-order chi connectivity index (χ0) is 18.4. The van der Waals surface area contributed by atoms with E-state index in [9.17, 15) is 4.79 Å². The van der Waals surface area contributed by atoms with E-state index in [1.165, 1.54) is 70.5 Å².